The van der Waals surface area contributed by atoms with E-state index in [-0.39, 0.29) is 17.8 Å². The molecule has 0 aliphatic carbocycles. The number of β-lactam (4-membered cyclic amide) rings is 1. The minimum atomic E-state index is -0.707. The summed E-state index contributed by atoms with van der Waals surface area (Å²) < 4.78 is 35.3. The second-order valence-corrected chi connectivity index (χ2v) is 7.37. The van der Waals surface area contributed by atoms with Crippen LogP contribution in [0.3, 0.4) is 0 Å². The number of amides is 1. The monoisotopic (exact) mass is 437 g/mol. The molecule has 1 aliphatic rings. The van der Waals surface area contributed by atoms with Crippen LogP contribution in [0.5, 0.6) is 23.0 Å². The van der Waals surface area contributed by atoms with Crippen molar-refractivity contribution in [3.05, 3.63) is 83.7 Å². The maximum atomic E-state index is 13.3. The van der Waals surface area contributed by atoms with Gasteiger partial charge in [0.25, 0.3) is 5.91 Å². The van der Waals surface area contributed by atoms with E-state index in [4.69, 9.17) is 18.9 Å². The molecule has 32 heavy (non-hydrogen) atoms. The molecule has 4 rings (SSSR count). The first-order valence-corrected chi connectivity index (χ1v) is 10.1. The third kappa shape index (κ3) is 4.19. The number of ether oxygens (including phenoxy) is 4. The molecular formula is C25H24FNO5. The summed E-state index contributed by atoms with van der Waals surface area (Å²) >= 11 is 0. The Morgan fingerprint density at radius 2 is 1.47 bits per heavy atom. The predicted molar refractivity (Wildman–Crippen MR) is 117 cm³/mol. The van der Waals surface area contributed by atoms with E-state index in [2.05, 4.69) is 0 Å². The predicted octanol–water partition coefficient (Wildman–Crippen LogP) is 4.38. The van der Waals surface area contributed by atoms with E-state index in [1.807, 2.05) is 12.1 Å². The molecule has 1 heterocycles. The van der Waals surface area contributed by atoms with Crippen molar-refractivity contribution in [3.8, 4) is 23.0 Å². The van der Waals surface area contributed by atoms with Gasteiger partial charge in [0.1, 0.15) is 23.4 Å². The quantitative estimate of drug-likeness (QED) is 0.490. The molecule has 2 atom stereocenters. The van der Waals surface area contributed by atoms with Gasteiger partial charge in [-0.1, -0.05) is 18.2 Å². The lowest BCUT2D eigenvalue weighted by atomic mass is 9.89. The van der Waals surface area contributed by atoms with Crippen LogP contribution in [0.1, 0.15) is 17.2 Å². The van der Waals surface area contributed by atoms with Gasteiger partial charge in [0.05, 0.1) is 21.3 Å². The number of likely N-dealkylation sites (tertiary alicyclic amines) is 1. The molecule has 0 bridgehead atoms. The molecule has 0 N–H and O–H groups in total. The topological polar surface area (TPSA) is 57.2 Å². The Kier molecular flexibility index (Phi) is 6.16. The van der Waals surface area contributed by atoms with Crippen LogP contribution in [-0.4, -0.2) is 38.2 Å². The van der Waals surface area contributed by atoms with Gasteiger partial charge in [-0.05, 0) is 59.7 Å². The van der Waals surface area contributed by atoms with Gasteiger partial charge in [-0.2, -0.15) is 0 Å². The Balaban J connectivity index is 1.64. The summed E-state index contributed by atoms with van der Waals surface area (Å²) in [5.74, 6) is 1.96. The lowest BCUT2D eigenvalue weighted by Gasteiger charge is -2.47. The molecular weight excluding hydrogens is 413 g/mol. The van der Waals surface area contributed by atoms with Crippen LogP contribution in [0, 0.1) is 5.82 Å². The Morgan fingerprint density at radius 1 is 0.812 bits per heavy atom. The second kappa shape index (κ2) is 9.18. The van der Waals surface area contributed by atoms with Gasteiger partial charge in [-0.25, -0.2) is 4.39 Å². The summed E-state index contributed by atoms with van der Waals surface area (Å²) in [7, 11) is 4.72. The van der Waals surface area contributed by atoms with Gasteiger partial charge in [-0.15, -0.1) is 0 Å². The van der Waals surface area contributed by atoms with E-state index in [0.29, 0.717) is 29.5 Å². The van der Waals surface area contributed by atoms with E-state index in [1.54, 1.807) is 68.7 Å². The van der Waals surface area contributed by atoms with Crippen molar-refractivity contribution in [2.75, 3.05) is 21.3 Å². The van der Waals surface area contributed by atoms with Gasteiger partial charge in [0.2, 0.25) is 6.10 Å². The van der Waals surface area contributed by atoms with Crippen LogP contribution < -0.4 is 18.9 Å². The lowest BCUT2D eigenvalue weighted by Crippen LogP contribution is -2.60. The average Bonchev–Trinajstić information content (AvgIpc) is 2.84. The van der Waals surface area contributed by atoms with Gasteiger partial charge >= 0.3 is 0 Å². The summed E-state index contributed by atoms with van der Waals surface area (Å²) in [6, 6.07) is 18.4. The summed E-state index contributed by atoms with van der Waals surface area (Å²) in [5, 5.41) is 0. The molecule has 6 nitrogen and oxygen atoms in total. The van der Waals surface area contributed by atoms with E-state index >= 15 is 0 Å². The molecule has 3 aromatic rings. The highest BCUT2D eigenvalue weighted by Gasteiger charge is 2.50. The van der Waals surface area contributed by atoms with Gasteiger partial charge < -0.3 is 23.8 Å². The maximum absolute atomic E-state index is 13.3. The Hall–Kier alpha value is -3.74. The normalized spacial score (nSPS) is 17.5. The van der Waals surface area contributed by atoms with Crippen molar-refractivity contribution in [2.45, 2.75) is 18.7 Å². The number of halogens is 1. The molecule has 0 aromatic heterocycles. The Labute approximate surface area is 186 Å². The standard InChI is InChI=1S/C25H24FNO5/c1-29-19-9-11-20(12-10-19)32-24-23(17-6-13-21(30-2)22(14-17)31-3)27(25(24)28)15-16-4-7-18(26)8-5-16/h4-14,23-24H,15H2,1-3H3/t23-,24-/m1/s1. The van der Waals surface area contributed by atoms with E-state index in [0.717, 1.165) is 11.1 Å². The molecule has 0 spiro atoms. The highest BCUT2D eigenvalue weighted by atomic mass is 19.1. The fourth-order valence-electron chi connectivity index (χ4n) is 3.79. The van der Waals surface area contributed by atoms with Gasteiger partial charge in [-0.3, -0.25) is 4.79 Å². The van der Waals surface area contributed by atoms with Crippen LogP contribution in [0.15, 0.2) is 66.7 Å². The summed E-state index contributed by atoms with van der Waals surface area (Å²) in [4.78, 5) is 14.8. The molecule has 0 unspecified atom stereocenters. The summed E-state index contributed by atoms with van der Waals surface area (Å²) in [5.41, 5.74) is 1.68. The molecule has 3 aromatic carbocycles. The molecule has 1 saturated heterocycles. The van der Waals surface area contributed by atoms with Crippen molar-refractivity contribution >= 4 is 5.91 Å². The number of nitrogens with zero attached hydrogens (tertiary/aromatic N) is 1. The van der Waals surface area contributed by atoms with Gasteiger partial charge in [0.15, 0.2) is 11.5 Å². The van der Waals surface area contributed by atoms with Gasteiger partial charge in [0, 0.05) is 6.54 Å². The number of carbonyl (C=O) groups excluding carboxylic acids is 1. The minimum absolute atomic E-state index is 0.148. The summed E-state index contributed by atoms with van der Waals surface area (Å²) in [6.45, 7) is 0.334. The molecule has 1 fully saturated rings. The van der Waals surface area contributed by atoms with Crippen molar-refractivity contribution in [2.24, 2.45) is 0 Å². The molecule has 0 saturated carbocycles. The number of rotatable bonds is 8. The first-order valence-electron chi connectivity index (χ1n) is 10.1. The van der Waals surface area contributed by atoms with E-state index < -0.39 is 6.10 Å². The summed E-state index contributed by atoms with van der Waals surface area (Å²) in [6.07, 6.45) is -0.707. The fourth-order valence-corrected chi connectivity index (χ4v) is 3.79. The third-order valence-corrected chi connectivity index (χ3v) is 5.49. The Morgan fingerprint density at radius 3 is 2.09 bits per heavy atom. The number of methoxy groups -OCH3 is 3. The largest absolute Gasteiger partial charge is 0.497 e. The molecule has 1 aliphatic heterocycles. The van der Waals surface area contributed by atoms with Crippen LogP contribution >= 0.6 is 0 Å². The van der Waals surface area contributed by atoms with E-state index in [1.165, 1.54) is 12.1 Å². The van der Waals surface area contributed by atoms with Crippen LogP contribution in [-0.2, 0) is 11.3 Å². The molecule has 7 heteroatoms. The average molecular weight is 437 g/mol. The maximum Gasteiger partial charge on any atom is 0.267 e. The molecule has 166 valence electrons. The highest BCUT2D eigenvalue weighted by molar-refractivity contribution is 5.89. The van der Waals surface area contributed by atoms with Crippen LogP contribution in [0.2, 0.25) is 0 Å². The minimum Gasteiger partial charge on any atom is -0.497 e. The zero-order valence-corrected chi connectivity index (χ0v) is 18.1. The third-order valence-electron chi connectivity index (χ3n) is 5.49. The van der Waals surface area contributed by atoms with Crippen molar-refractivity contribution in [1.29, 1.82) is 0 Å². The molecule has 1 amide bonds. The first kappa shape index (κ1) is 21.5. The van der Waals surface area contributed by atoms with E-state index in [9.17, 15) is 9.18 Å². The number of hydrogen-bond donors (Lipinski definition) is 0. The lowest BCUT2D eigenvalue weighted by molar-refractivity contribution is -0.165. The smallest absolute Gasteiger partial charge is 0.267 e. The number of hydrogen-bond acceptors (Lipinski definition) is 5. The zero-order chi connectivity index (χ0) is 22.7. The highest BCUT2D eigenvalue weighted by Crippen LogP contribution is 2.41. The van der Waals surface area contributed by atoms with Crippen molar-refractivity contribution in [1.82, 2.24) is 4.90 Å². The molecule has 0 radical (unpaired) electrons. The Bertz CT molecular complexity index is 1080. The van der Waals surface area contributed by atoms with Crippen molar-refractivity contribution in [3.63, 3.8) is 0 Å². The number of benzene rings is 3. The van der Waals surface area contributed by atoms with Crippen LogP contribution in [0.4, 0.5) is 4.39 Å². The second-order valence-electron chi connectivity index (χ2n) is 7.37. The first-order chi connectivity index (χ1) is 15.5. The SMILES string of the molecule is COc1ccc(O[C@H]2C(=O)N(Cc3ccc(F)cc3)[C@@H]2c2ccc(OC)c(OC)c2)cc1. The van der Waals surface area contributed by atoms with Crippen LogP contribution in [0.25, 0.3) is 0 Å². The fraction of sp³-hybridized carbons (Fsp3) is 0.240. The van der Waals surface area contributed by atoms with Crippen molar-refractivity contribution < 1.29 is 28.1 Å². The zero-order valence-electron chi connectivity index (χ0n) is 18.1. The number of carbonyl (C=O) groups is 1.